The van der Waals surface area contributed by atoms with Crippen LogP contribution in [0.2, 0.25) is 0 Å². The zero-order valence-electron chi connectivity index (χ0n) is 21.0. The van der Waals surface area contributed by atoms with Gasteiger partial charge in [-0.05, 0) is 57.0 Å². The number of nitrogens with zero attached hydrogens (tertiary/aromatic N) is 3. The van der Waals surface area contributed by atoms with Crippen LogP contribution in [0.25, 0.3) is 0 Å². The molecule has 34 heavy (non-hydrogen) atoms. The average molecular weight is 497 g/mol. The number of sulfonamides is 1. The first-order valence-corrected chi connectivity index (χ1v) is 13.6. The molecule has 1 amide bonds. The fourth-order valence-corrected chi connectivity index (χ4v) is 6.87. The summed E-state index contributed by atoms with van der Waals surface area (Å²) in [5.74, 6) is 0.479. The highest BCUT2D eigenvalue weighted by atomic mass is 32.2. The van der Waals surface area contributed by atoms with E-state index in [2.05, 4.69) is 22.2 Å². The van der Waals surface area contributed by atoms with Gasteiger partial charge in [0.25, 0.3) is 0 Å². The second-order valence-electron chi connectivity index (χ2n) is 9.37. The molecular weight excluding hydrogens is 456 g/mol. The molecule has 192 valence electrons. The summed E-state index contributed by atoms with van der Waals surface area (Å²) >= 11 is 0. The van der Waals surface area contributed by atoms with Crippen molar-refractivity contribution in [2.24, 2.45) is 0 Å². The van der Waals surface area contributed by atoms with Gasteiger partial charge in [0.05, 0.1) is 18.6 Å². The van der Waals surface area contributed by atoms with E-state index in [-0.39, 0.29) is 25.2 Å². The van der Waals surface area contributed by atoms with Crippen LogP contribution in [0.4, 0.5) is 0 Å². The third-order valence-electron chi connectivity index (χ3n) is 6.70. The first-order chi connectivity index (χ1) is 16.2. The first-order valence-electron chi connectivity index (χ1n) is 12.1. The normalized spacial score (nSPS) is 20.9. The number of piperidine rings is 1. The number of benzene rings is 1. The lowest BCUT2D eigenvalue weighted by molar-refractivity contribution is -0.126. The fraction of sp³-hybridized carbons (Fsp3) is 0.708. The molecule has 0 aliphatic carbocycles. The maximum Gasteiger partial charge on any atom is 0.246 e. The summed E-state index contributed by atoms with van der Waals surface area (Å²) in [5.41, 5.74) is 1.34. The van der Waals surface area contributed by atoms with E-state index in [1.54, 1.807) is 37.4 Å². The van der Waals surface area contributed by atoms with Crippen LogP contribution in [0.5, 0.6) is 5.75 Å². The Labute approximate surface area is 204 Å². The molecule has 0 bridgehead atoms. The summed E-state index contributed by atoms with van der Waals surface area (Å²) in [6.45, 7) is 9.74. The van der Waals surface area contributed by atoms with Crippen LogP contribution in [0, 0.1) is 13.8 Å². The Morgan fingerprint density at radius 3 is 2.41 bits per heavy atom. The quantitative estimate of drug-likeness (QED) is 0.521. The molecule has 0 radical (unpaired) electrons. The van der Waals surface area contributed by atoms with Crippen molar-refractivity contribution in [1.29, 1.82) is 0 Å². The van der Waals surface area contributed by atoms with Crippen LogP contribution < -0.4 is 10.1 Å². The van der Waals surface area contributed by atoms with Gasteiger partial charge in [-0.1, -0.05) is 6.42 Å². The highest BCUT2D eigenvalue weighted by molar-refractivity contribution is 7.89. The van der Waals surface area contributed by atoms with Crippen molar-refractivity contribution in [1.82, 2.24) is 19.4 Å². The third kappa shape index (κ3) is 6.91. The summed E-state index contributed by atoms with van der Waals surface area (Å²) in [6.07, 6.45) is 2.48. The molecule has 2 saturated heterocycles. The van der Waals surface area contributed by atoms with Gasteiger partial charge in [0, 0.05) is 51.9 Å². The number of hydrogen-bond acceptors (Lipinski definition) is 7. The summed E-state index contributed by atoms with van der Waals surface area (Å²) in [6, 6.07) is 3.22. The van der Waals surface area contributed by atoms with E-state index in [0.29, 0.717) is 34.9 Å². The van der Waals surface area contributed by atoms with Crippen molar-refractivity contribution in [2.75, 3.05) is 73.2 Å². The topological polar surface area (TPSA) is 91.4 Å². The fourth-order valence-electron chi connectivity index (χ4n) is 4.77. The number of likely N-dealkylation sites (N-methyl/N-ethyl adjacent to an activating group) is 1. The number of carbonyl (C=O) groups is 1. The van der Waals surface area contributed by atoms with E-state index in [0.717, 1.165) is 52.0 Å². The van der Waals surface area contributed by atoms with Crippen LogP contribution in [-0.2, 0) is 19.6 Å². The van der Waals surface area contributed by atoms with Crippen molar-refractivity contribution in [3.63, 3.8) is 0 Å². The highest BCUT2D eigenvalue weighted by Gasteiger charge is 2.35. The monoisotopic (exact) mass is 496 g/mol. The summed E-state index contributed by atoms with van der Waals surface area (Å²) in [7, 11) is 0.00140. The first kappa shape index (κ1) is 26.9. The lowest BCUT2D eigenvalue weighted by atomic mass is 10.1. The smallest absolute Gasteiger partial charge is 0.246 e. The summed E-state index contributed by atoms with van der Waals surface area (Å²) < 4.78 is 39.7. The van der Waals surface area contributed by atoms with Gasteiger partial charge in [0.15, 0.2) is 0 Å². The van der Waals surface area contributed by atoms with E-state index in [1.807, 2.05) is 0 Å². The zero-order chi connectivity index (χ0) is 24.7. The Bertz CT molecular complexity index is 908. The molecule has 2 fully saturated rings. The van der Waals surface area contributed by atoms with E-state index in [1.165, 1.54) is 0 Å². The van der Waals surface area contributed by atoms with Gasteiger partial charge in [-0.2, -0.15) is 4.31 Å². The Balaban J connectivity index is 1.51. The van der Waals surface area contributed by atoms with Gasteiger partial charge in [-0.15, -0.1) is 0 Å². The molecule has 2 heterocycles. The van der Waals surface area contributed by atoms with Crippen LogP contribution in [0.1, 0.15) is 30.4 Å². The van der Waals surface area contributed by atoms with Gasteiger partial charge in [0.2, 0.25) is 15.9 Å². The van der Waals surface area contributed by atoms with Gasteiger partial charge in [0.1, 0.15) is 12.4 Å². The molecule has 2 aliphatic rings. The number of nitrogens with one attached hydrogen (secondary N) is 1. The van der Waals surface area contributed by atoms with Crippen LogP contribution >= 0.6 is 0 Å². The van der Waals surface area contributed by atoms with E-state index in [4.69, 9.17) is 9.47 Å². The lowest BCUT2D eigenvalue weighted by Crippen LogP contribution is -2.47. The lowest BCUT2D eigenvalue weighted by Gasteiger charge is -2.35. The van der Waals surface area contributed by atoms with Gasteiger partial charge < -0.3 is 19.7 Å². The number of ether oxygens (including phenoxy) is 2. The van der Waals surface area contributed by atoms with E-state index < -0.39 is 10.0 Å². The predicted molar refractivity (Wildman–Crippen MR) is 132 cm³/mol. The zero-order valence-corrected chi connectivity index (χ0v) is 21.8. The number of piperazine rings is 1. The van der Waals surface area contributed by atoms with Crippen molar-refractivity contribution in [3.05, 3.63) is 23.3 Å². The highest BCUT2D eigenvalue weighted by Crippen LogP contribution is 2.31. The summed E-state index contributed by atoms with van der Waals surface area (Å²) in [4.78, 5) is 17.2. The summed E-state index contributed by atoms with van der Waals surface area (Å²) in [5, 5.41) is 2.91. The minimum Gasteiger partial charge on any atom is -0.497 e. The Morgan fingerprint density at radius 1 is 1.09 bits per heavy atom. The van der Waals surface area contributed by atoms with E-state index >= 15 is 0 Å². The maximum absolute atomic E-state index is 13.6. The molecule has 1 N–H and O–H groups in total. The van der Waals surface area contributed by atoms with Gasteiger partial charge >= 0.3 is 0 Å². The van der Waals surface area contributed by atoms with Crippen molar-refractivity contribution in [3.8, 4) is 5.75 Å². The average Bonchev–Trinajstić information content (AvgIpc) is 2.80. The van der Waals surface area contributed by atoms with Crippen molar-refractivity contribution < 1.29 is 22.7 Å². The number of hydrogen-bond donors (Lipinski definition) is 1. The Morgan fingerprint density at radius 2 is 1.76 bits per heavy atom. The molecule has 0 spiro atoms. The molecule has 9 nitrogen and oxygen atoms in total. The Kier molecular flexibility index (Phi) is 9.73. The number of amides is 1. The Hall–Kier alpha value is -1.72. The molecule has 0 aromatic heterocycles. The molecule has 3 rings (SSSR count). The van der Waals surface area contributed by atoms with Crippen molar-refractivity contribution >= 4 is 15.9 Å². The van der Waals surface area contributed by atoms with Gasteiger partial charge in [-0.25, -0.2) is 8.42 Å². The third-order valence-corrected chi connectivity index (χ3v) is 8.96. The molecule has 2 aliphatic heterocycles. The molecule has 1 atom stereocenters. The second kappa shape index (κ2) is 12.3. The number of rotatable bonds is 10. The van der Waals surface area contributed by atoms with E-state index in [9.17, 15) is 13.2 Å². The predicted octanol–water partition coefficient (Wildman–Crippen LogP) is 1.24. The minimum absolute atomic E-state index is 0.0618. The second-order valence-corrected chi connectivity index (χ2v) is 11.2. The van der Waals surface area contributed by atoms with Crippen LogP contribution in [-0.4, -0.2) is 108 Å². The largest absolute Gasteiger partial charge is 0.497 e. The van der Waals surface area contributed by atoms with Crippen LogP contribution in [0.3, 0.4) is 0 Å². The van der Waals surface area contributed by atoms with Crippen molar-refractivity contribution in [2.45, 2.75) is 44.0 Å². The minimum atomic E-state index is -3.69. The molecule has 1 aromatic carbocycles. The van der Waals surface area contributed by atoms with Crippen LogP contribution in [0.15, 0.2) is 17.0 Å². The number of carbonyl (C=O) groups excluding carboxylic acids is 1. The maximum atomic E-state index is 13.6. The van der Waals surface area contributed by atoms with Gasteiger partial charge in [-0.3, -0.25) is 9.69 Å². The molecule has 0 saturated carbocycles. The molecular formula is C24H40N4O5S. The number of methoxy groups -OCH3 is 1. The SMILES string of the molecule is COc1cc(C)c(S(=O)(=O)N2CCCCC2COCC(=O)NCCN2CCN(C)CC2)c(C)c1. The molecule has 1 aromatic rings. The standard InChI is InChI=1S/C24H40N4O5S/c1-19-15-22(32-4)16-20(2)24(19)34(30,31)28-9-6-5-7-21(28)17-33-18-23(29)25-8-10-27-13-11-26(3)12-14-27/h15-16,21H,5-14,17-18H2,1-4H3,(H,25,29). The number of aryl methyl sites for hydroxylation is 2. The molecule has 1 unspecified atom stereocenters. The molecule has 10 heteroatoms.